The Balaban J connectivity index is 1.79. The van der Waals surface area contributed by atoms with Crippen molar-refractivity contribution >= 4 is 22.7 Å². The molecule has 0 aliphatic heterocycles. The van der Waals surface area contributed by atoms with Gasteiger partial charge in [0.1, 0.15) is 18.5 Å². The summed E-state index contributed by atoms with van der Waals surface area (Å²) in [5.74, 6) is 0.348. The first-order chi connectivity index (χ1) is 11.3. The van der Waals surface area contributed by atoms with Crippen LogP contribution in [0.1, 0.15) is 0 Å². The van der Waals surface area contributed by atoms with Gasteiger partial charge < -0.3 is 5.32 Å². The number of halogens is 1. The van der Waals surface area contributed by atoms with E-state index in [1.165, 1.54) is 18.5 Å². The predicted octanol–water partition coefficient (Wildman–Crippen LogP) is 3.70. The molecule has 2 aromatic heterocycles. The molecular formula is C17H12FN5. The third kappa shape index (κ3) is 2.50. The minimum absolute atomic E-state index is 0.278. The lowest BCUT2D eigenvalue weighted by atomic mass is 10.3. The first-order valence-corrected chi connectivity index (χ1v) is 7.07. The lowest BCUT2D eigenvalue weighted by Crippen LogP contribution is -1.98. The second-order valence-electron chi connectivity index (χ2n) is 4.98. The summed E-state index contributed by atoms with van der Waals surface area (Å²) in [5.41, 5.74) is 3.02. The van der Waals surface area contributed by atoms with Crippen LogP contribution < -0.4 is 5.32 Å². The van der Waals surface area contributed by atoms with E-state index < -0.39 is 0 Å². The van der Waals surface area contributed by atoms with E-state index in [-0.39, 0.29) is 5.82 Å². The van der Waals surface area contributed by atoms with Crippen LogP contribution in [0, 0.1) is 5.82 Å². The Kier molecular flexibility index (Phi) is 3.20. The molecule has 0 atom stereocenters. The van der Waals surface area contributed by atoms with Crippen molar-refractivity contribution in [1.82, 2.24) is 19.5 Å². The molecule has 0 saturated carbocycles. The maximum absolute atomic E-state index is 13.1. The minimum Gasteiger partial charge on any atom is -0.338 e. The molecule has 2 heterocycles. The zero-order valence-corrected chi connectivity index (χ0v) is 12.0. The molecule has 2 aromatic carbocycles. The molecule has 0 saturated heterocycles. The molecule has 112 valence electrons. The molecule has 0 bridgehead atoms. The van der Waals surface area contributed by atoms with Crippen LogP contribution in [0.4, 0.5) is 15.9 Å². The zero-order valence-electron chi connectivity index (χ0n) is 12.0. The number of nitrogens with zero attached hydrogens (tertiary/aromatic N) is 4. The van der Waals surface area contributed by atoms with Crippen LogP contribution in [-0.2, 0) is 0 Å². The number of anilines is 2. The Morgan fingerprint density at radius 1 is 0.870 bits per heavy atom. The largest absolute Gasteiger partial charge is 0.338 e. The molecule has 1 N–H and O–H groups in total. The van der Waals surface area contributed by atoms with E-state index in [9.17, 15) is 4.39 Å². The van der Waals surface area contributed by atoms with Crippen molar-refractivity contribution in [3.8, 4) is 5.69 Å². The summed E-state index contributed by atoms with van der Waals surface area (Å²) < 4.78 is 14.9. The van der Waals surface area contributed by atoms with Crippen molar-refractivity contribution in [3.05, 3.63) is 73.1 Å². The maximum Gasteiger partial charge on any atom is 0.170 e. The van der Waals surface area contributed by atoms with Crippen LogP contribution in [0.25, 0.3) is 16.9 Å². The Bertz CT molecular complexity index is 948. The molecule has 0 aliphatic rings. The molecule has 0 unspecified atom stereocenters. The number of imidazole rings is 1. The second kappa shape index (κ2) is 5.49. The third-order valence-electron chi connectivity index (χ3n) is 3.47. The average Bonchev–Trinajstić information content (AvgIpc) is 3.02. The summed E-state index contributed by atoms with van der Waals surface area (Å²) in [7, 11) is 0. The number of hydrogen-bond donors (Lipinski definition) is 1. The van der Waals surface area contributed by atoms with Gasteiger partial charge in [-0.25, -0.2) is 19.3 Å². The number of para-hydroxylation sites is 1. The third-order valence-corrected chi connectivity index (χ3v) is 3.47. The van der Waals surface area contributed by atoms with Crippen LogP contribution >= 0.6 is 0 Å². The van der Waals surface area contributed by atoms with Gasteiger partial charge in [-0.1, -0.05) is 18.2 Å². The van der Waals surface area contributed by atoms with E-state index >= 15 is 0 Å². The summed E-state index contributed by atoms with van der Waals surface area (Å²) in [6.45, 7) is 0. The van der Waals surface area contributed by atoms with E-state index in [1.807, 2.05) is 30.3 Å². The molecule has 6 heteroatoms. The number of fused-ring (bicyclic) bond motifs is 1. The number of aromatic nitrogens is 4. The number of hydrogen-bond acceptors (Lipinski definition) is 4. The highest BCUT2D eigenvalue weighted by atomic mass is 19.1. The molecule has 23 heavy (non-hydrogen) atoms. The lowest BCUT2D eigenvalue weighted by molar-refractivity contribution is 0.627. The summed E-state index contributed by atoms with van der Waals surface area (Å²) in [6.07, 6.45) is 3.14. The molecule has 4 aromatic rings. The maximum atomic E-state index is 13.1. The quantitative estimate of drug-likeness (QED) is 0.627. The Morgan fingerprint density at radius 3 is 2.43 bits per heavy atom. The smallest absolute Gasteiger partial charge is 0.170 e. The monoisotopic (exact) mass is 305 g/mol. The van der Waals surface area contributed by atoms with Gasteiger partial charge in [0.05, 0.1) is 0 Å². The van der Waals surface area contributed by atoms with Crippen molar-refractivity contribution < 1.29 is 4.39 Å². The lowest BCUT2D eigenvalue weighted by Gasteiger charge is -2.06. The average molecular weight is 305 g/mol. The molecule has 5 nitrogen and oxygen atoms in total. The Morgan fingerprint density at radius 2 is 1.65 bits per heavy atom. The van der Waals surface area contributed by atoms with Gasteiger partial charge in [0, 0.05) is 11.4 Å². The predicted molar refractivity (Wildman–Crippen MR) is 86.3 cm³/mol. The first-order valence-electron chi connectivity index (χ1n) is 7.07. The van der Waals surface area contributed by atoms with Crippen molar-refractivity contribution in [2.45, 2.75) is 0 Å². The summed E-state index contributed by atoms with van der Waals surface area (Å²) in [4.78, 5) is 13.0. The number of rotatable bonds is 3. The van der Waals surface area contributed by atoms with Gasteiger partial charge in [0.2, 0.25) is 0 Å². The minimum atomic E-state index is -0.278. The van der Waals surface area contributed by atoms with Gasteiger partial charge in [0.25, 0.3) is 0 Å². The van der Waals surface area contributed by atoms with E-state index in [2.05, 4.69) is 20.3 Å². The Hall–Kier alpha value is -3.28. The molecule has 4 rings (SSSR count). The fourth-order valence-corrected chi connectivity index (χ4v) is 2.38. The highest BCUT2D eigenvalue weighted by molar-refractivity contribution is 5.86. The van der Waals surface area contributed by atoms with Gasteiger partial charge in [-0.3, -0.25) is 4.57 Å². The second-order valence-corrected chi connectivity index (χ2v) is 4.98. The highest BCUT2D eigenvalue weighted by Gasteiger charge is 2.11. The summed E-state index contributed by atoms with van der Waals surface area (Å²) >= 11 is 0. The van der Waals surface area contributed by atoms with Crippen LogP contribution in [0.5, 0.6) is 0 Å². The fraction of sp³-hybridized carbons (Fsp3) is 0. The van der Waals surface area contributed by atoms with Crippen molar-refractivity contribution in [1.29, 1.82) is 0 Å². The van der Waals surface area contributed by atoms with Crippen LogP contribution in [0.15, 0.2) is 67.3 Å². The number of benzene rings is 2. The molecule has 0 radical (unpaired) electrons. The number of nitrogens with one attached hydrogen (secondary N) is 1. The van der Waals surface area contributed by atoms with Gasteiger partial charge >= 0.3 is 0 Å². The standard InChI is InChI=1S/C17H12FN5/c18-12-6-8-14(9-7-12)23-11-21-15-16(19-10-20-17(15)23)22-13-4-2-1-3-5-13/h1-11H,(H,19,20,22). The van der Waals surface area contributed by atoms with Crippen LogP contribution in [0.2, 0.25) is 0 Å². The summed E-state index contributed by atoms with van der Waals surface area (Å²) in [5, 5.41) is 3.23. The van der Waals surface area contributed by atoms with E-state index in [1.54, 1.807) is 23.0 Å². The zero-order chi connectivity index (χ0) is 15.6. The van der Waals surface area contributed by atoms with Crippen molar-refractivity contribution in [2.24, 2.45) is 0 Å². The van der Waals surface area contributed by atoms with E-state index in [0.29, 0.717) is 17.0 Å². The van der Waals surface area contributed by atoms with Gasteiger partial charge in [0.15, 0.2) is 17.0 Å². The molecule has 0 amide bonds. The van der Waals surface area contributed by atoms with Crippen LogP contribution in [0.3, 0.4) is 0 Å². The van der Waals surface area contributed by atoms with E-state index in [0.717, 1.165) is 11.4 Å². The van der Waals surface area contributed by atoms with Gasteiger partial charge in [-0.15, -0.1) is 0 Å². The molecule has 0 aliphatic carbocycles. The van der Waals surface area contributed by atoms with E-state index in [4.69, 9.17) is 0 Å². The van der Waals surface area contributed by atoms with Gasteiger partial charge in [-0.05, 0) is 36.4 Å². The molecular weight excluding hydrogens is 293 g/mol. The van der Waals surface area contributed by atoms with Crippen molar-refractivity contribution in [2.75, 3.05) is 5.32 Å². The van der Waals surface area contributed by atoms with Gasteiger partial charge in [-0.2, -0.15) is 0 Å². The SMILES string of the molecule is Fc1ccc(-n2cnc3c(Nc4ccccc4)ncnc32)cc1. The topological polar surface area (TPSA) is 55.6 Å². The summed E-state index contributed by atoms with van der Waals surface area (Å²) in [6, 6.07) is 15.9. The molecule has 0 spiro atoms. The van der Waals surface area contributed by atoms with Crippen molar-refractivity contribution in [3.63, 3.8) is 0 Å². The fourth-order valence-electron chi connectivity index (χ4n) is 2.38. The normalized spacial score (nSPS) is 10.8. The first kappa shape index (κ1) is 13.4. The molecule has 0 fully saturated rings. The Labute approximate surface area is 131 Å². The highest BCUT2D eigenvalue weighted by Crippen LogP contribution is 2.23. The van der Waals surface area contributed by atoms with Crippen LogP contribution in [-0.4, -0.2) is 19.5 Å².